The third-order valence-electron chi connectivity index (χ3n) is 2.65. The minimum atomic E-state index is -0.434. The Balaban J connectivity index is 2.46. The van der Waals surface area contributed by atoms with E-state index < -0.39 is 5.97 Å². The number of nitrogen functional groups attached to an aromatic ring is 1. The average Bonchev–Trinajstić information content (AvgIpc) is 2.69. The standard InChI is InChI=1S/C13H16N4O2/c1-4-19-13(18)11-7-10(5-6-12(11)14)17-9(3)15-8(2)16-17/h5-7H,4,14H2,1-3H3. The highest BCUT2D eigenvalue weighted by atomic mass is 16.5. The molecule has 0 atom stereocenters. The largest absolute Gasteiger partial charge is 0.462 e. The van der Waals surface area contributed by atoms with E-state index in [0.29, 0.717) is 23.7 Å². The minimum Gasteiger partial charge on any atom is -0.462 e. The van der Waals surface area contributed by atoms with Crippen LogP contribution in [0.5, 0.6) is 0 Å². The molecule has 1 aromatic carbocycles. The van der Waals surface area contributed by atoms with Gasteiger partial charge >= 0.3 is 5.97 Å². The first-order valence-electron chi connectivity index (χ1n) is 6.00. The summed E-state index contributed by atoms with van der Waals surface area (Å²) in [5.74, 6) is 0.987. The number of hydrogen-bond acceptors (Lipinski definition) is 5. The Morgan fingerprint density at radius 3 is 2.74 bits per heavy atom. The quantitative estimate of drug-likeness (QED) is 0.670. The Labute approximate surface area is 111 Å². The van der Waals surface area contributed by atoms with Crippen LogP contribution in [0.2, 0.25) is 0 Å². The lowest BCUT2D eigenvalue weighted by Gasteiger charge is -2.08. The second-order valence-electron chi connectivity index (χ2n) is 4.11. The Bertz CT molecular complexity index is 619. The Kier molecular flexibility index (Phi) is 3.50. The smallest absolute Gasteiger partial charge is 0.340 e. The van der Waals surface area contributed by atoms with Crippen LogP contribution in [0.25, 0.3) is 5.69 Å². The van der Waals surface area contributed by atoms with E-state index >= 15 is 0 Å². The summed E-state index contributed by atoms with van der Waals surface area (Å²) < 4.78 is 6.64. The van der Waals surface area contributed by atoms with Crippen LogP contribution < -0.4 is 5.73 Å². The highest BCUT2D eigenvalue weighted by Crippen LogP contribution is 2.19. The van der Waals surface area contributed by atoms with Crippen molar-refractivity contribution in [3.63, 3.8) is 0 Å². The van der Waals surface area contributed by atoms with Gasteiger partial charge in [0, 0.05) is 5.69 Å². The summed E-state index contributed by atoms with van der Waals surface area (Å²) in [5, 5.41) is 4.27. The Morgan fingerprint density at radius 2 is 2.16 bits per heavy atom. The Morgan fingerprint density at radius 1 is 1.42 bits per heavy atom. The van der Waals surface area contributed by atoms with Gasteiger partial charge < -0.3 is 10.5 Å². The maximum Gasteiger partial charge on any atom is 0.340 e. The van der Waals surface area contributed by atoms with Gasteiger partial charge in [-0.05, 0) is 39.0 Å². The first-order valence-corrected chi connectivity index (χ1v) is 6.00. The summed E-state index contributed by atoms with van der Waals surface area (Å²) in [6.45, 7) is 5.72. The number of ether oxygens (including phenoxy) is 1. The van der Waals surface area contributed by atoms with E-state index in [1.807, 2.05) is 13.8 Å². The third-order valence-corrected chi connectivity index (χ3v) is 2.65. The van der Waals surface area contributed by atoms with Crippen LogP contribution in [0.4, 0.5) is 5.69 Å². The van der Waals surface area contributed by atoms with E-state index in [9.17, 15) is 4.79 Å². The molecule has 0 amide bonds. The number of nitrogens with zero attached hydrogens (tertiary/aromatic N) is 3. The zero-order valence-electron chi connectivity index (χ0n) is 11.2. The molecular weight excluding hydrogens is 244 g/mol. The molecule has 0 bridgehead atoms. The van der Waals surface area contributed by atoms with Crippen molar-refractivity contribution >= 4 is 11.7 Å². The summed E-state index contributed by atoms with van der Waals surface area (Å²) >= 11 is 0. The molecule has 0 fully saturated rings. The molecule has 6 heteroatoms. The van der Waals surface area contributed by atoms with E-state index in [0.717, 1.165) is 11.5 Å². The van der Waals surface area contributed by atoms with Crippen molar-refractivity contribution in [3.8, 4) is 5.69 Å². The van der Waals surface area contributed by atoms with Crippen LogP contribution in [-0.4, -0.2) is 27.3 Å². The lowest BCUT2D eigenvalue weighted by atomic mass is 10.1. The van der Waals surface area contributed by atoms with Gasteiger partial charge in [0.15, 0.2) is 0 Å². The lowest BCUT2D eigenvalue weighted by molar-refractivity contribution is 0.0527. The number of nitrogens with two attached hydrogens (primary N) is 1. The molecule has 1 heterocycles. The molecule has 0 aliphatic heterocycles. The van der Waals surface area contributed by atoms with Crippen molar-refractivity contribution in [2.45, 2.75) is 20.8 Å². The topological polar surface area (TPSA) is 83.0 Å². The van der Waals surface area contributed by atoms with Gasteiger partial charge in [0.1, 0.15) is 11.6 Å². The maximum absolute atomic E-state index is 11.8. The molecular formula is C13H16N4O2. The zero-order chi connectivity index (χ0) is 14.0. The molecule has 0 saturated heterocycles. The summed E-state index contributed by atoms with van der Waals surface area (Å²) in [7, 11) is 0. The number of benzene rings is 1. The number of aryl methyl sites for hydroxylation is 2. The van der Waals surface area contributed by atoms with Crippen molar-refractivity contribution < 1.29 is 9.53 Å². The second kappa shape index (κ2) is 5.09. The second-order valence-corrected chi connectivity index (χ2v) is 4.11. The monoisotopic (exact) mass is 260 g/mol. The molecule has 1 aromatic heterocycles. The van der Waals surface area contributed by atoms with Crippen LogP contribution in [0.1, 0.15) is 28.9 Å². The molecule has 19 heavy (non-hydrogen) atoms. The van der Waals surface area contributed by atoms with Crippen LogP contribution in [0, 0.1) is 13.8 Å². The van der Waals surface area contributed by atoms with Gasteiger partial charge in [-0.2, -0.15) is 5.10 Å². The number of carbonyl (C=O) groups excluding carboxylic acids is 1. The molecule has 2 N–H and O–H groups in total. The highest BCUT2D eigenvalue weighted by Gasteiger charge is 2.13. The van der Waals surface area contributed by atoms with Crippen LogP contribution in [0.3, 0.4) is 0 Å². The molecule has 0 aliphatic rings. The summed E-state index contributed by atoms with van der Waals surface area (Å²) in [6, 6.07) is 5.12. The van der Waals surface area contributed by atoms with Gasteiger partial charge in [-0.1, -0.05) is 0 Å². The van der Waals surface area contributed by atoms with E-state index in [2.05, 4.69) is 10.1 Å². The number of anilines is 1. The van der Waals surface area contributed by atoms with E-state index in [1.54, 1.807) is 29.8 Å². The SMILES string of the molecule is CCOC(=O)c1cc(-n2nc(C)nc2C)ccc1N. The number of carbonyl (C=O) groups is 1. The summed E-state index contributed by atoms with van der Waals surface area (Å²) in [4.78, 5) is 16.0. The molecule has 6 nitrogen and oxygen atoms in total. The van der Waals surface area contributed by atoms with Gasteiger partial charge in [0.2, 0.25) is 0 Å². The number of aromatic nitrogens is 3. The third kappa shape index (κ3) is 2.57. The summed E-state index contributed by atoms with van der Waals surface area (Å²) in [6.07, 6.45) is 0. The molecule has 0 aliphatic carbocycles. The van der Waals surface area contributed by atoms with Crippen molar-refractivity contribution in [2.24, 2.45) is 0 Å². The van der Waals surface area contributed by atoms with Gasteiger partial charge in [-0.25, -0.2) is 14.5 Å². The lowest BCUT2D eigenvalue weighted by Crippen LogP contribution is -2.10. The predicted molar refractivity (Wildman–Crippen MR) is 71.2 cm³/mol. The van der Waals surface area contributed by atoms with E-state index in [4.69, 9.17) is 10.5 Å². The molecule has 2 rings (SSSR count). The predicted octanol–water partition coefficient (Wildman–Crippen LogP) is 1.64. The number of rotatable bonds is 3. The number of esters is 1. The fourth-order valence-corrected chi connectivity index (χ4v) is 1.83. The molecule has 0 saturated carbocycles. The zero-order valence-corrected chi connectivity index (χ0v) is 11.2. The van der Waals surface area contributed by atoms with E-state index in [-0.39, 0.29) is 0 Å². The highest BCUT2D eigenvalue weighted by molar-refractivity contribution is 5.95. The maximum atomic E-state index is 11.8. The number of hydrogen-bond donors (Lipinski definition) is 1. The fourth-order valence-electron chi connectivity index (χ4n) is 1.83. The van der Waals surface area contributed by atoms with Gasteiger partial charge in [0.25, 0.3) is 0 Å². The van der Waals surface area contributed by atoms with E-state index in [1.165, 1.54) is 0 Å². The van der Waals surface area contributed by atoms with Gasteiger partial charge in [-0.15, -0.1) is 0 Å². The fraction of sp³-hybridized carbons (Fsp3) is 0.308. The molecule has 100 valence electrons. The molecule has 2 aromatic rings. The van der Waals surface area contributed by atoms with Crippen LogP contribution >= 0.6 is 0 Å². The summed E-state index contributed by atoms with van der Waals surface area (Å²) in [5.41, 5.74) is 7.25. The van der Waals surface area contributed by atoms with Gasteiger partial charge in [0.05, 0.1) is 17.9 Å². The molecule has 0 unspecified atom stereocenters. The van der Waals surface area contributed by atoms with Crippen molar-refractivity contribution in [1.29, 1.82) is 0 Å². The Hall–Kier alpha value is -2.37. The van der Waals surface area contributed by atoms with Crippen molar-refractivity contribution in [2.75, 3.05) is 12.3 Å². The normalized spacial score (nSPS) is 10.5. The average molecular weight is 260 g/mol. The molecule has 0 spiro atoms. The van der Waals surface area contributed by atoms with Crippen LogP contribution in [-0.2, 0) is 4.74 Å². The van der Waals surface area contributed by atoms with Crippen molar-refractivity contribution in [3.05, 3.63) is 35.4 Å². The first kappa shape index (κ1) is 13.1. The minimum absolute atomic E-state index is 0.309. The first-order chi connectivity index (χ1) is 9.02. The molecule has 0 radical (unpaired) electrons. The van der Waals surface area contributed by atoms with Crippen molar-refractivity contribution in [1.82, 2.24) is 14.8 Å². The van der Waals surface area contributed by atoms with Crippen LogP contribution in [0.15, 0.2) is 18.2 Å². The van der Waals surface area contributed by atoms with Gasteiger partial charge in [-0.3, -0.25) is 0 Å².